The Labute approximate surface area is 88.1 Å². The first-order chi connectivity index (χ1) is 6.25. The van der Waals surface area contributed by atoms with Crippen molar-refractivity contribution in [3.8, 4) is 17.6 Å². The third-order valence-electron chi connectivity index (χ3n) is 1.44. The fraction of sp³-hybridized carbons (Fsp3) is 0.200. The molecule has 0 aliphatic carbocycles. The molecule has 0 aliphatic rings. The Bertz CT molecular complexity index is 352. The standard InChI is InChI=1S/C10H9ClOS/c11-10-8(4-1-2-7-13)5-3-6-9(10)12/h3,5-6,12-13H,2,7H2. The molecule has 0 spiro atoms. The Morgan fingerprint density at radius 3 is 2.92 bits per heavy atom. The average molecular weight is 213 g/mol. The van der Waals surface area contributed by atoms with Crippen LogP contribution < -0.4 is 0 Å². The SMILES string of the molecule is Oc1cccc(C#CCCS)c1Cl. The maximum absolute atomic E-state index is 9.24. The molecule has 0 bridgehead atoms. The molecule has 1 nitrogen and oxygen atoms in total. The maximum Gasteiger partial charge on any atom is 0.135 e. The number of rotatable bonds is 1. The zero-order valence-electron chi connectivity index (χ0n) is 6.92. The van der Waals surface area contributed by atoms with Gasteiger partial charge in [-0.15, -0.1) is 0 Å². The Balaban J connectivity index is 2.91. The number of halogens is 1. The predicted molar refractivity (Wildman–Crippen MR) is 58.5 cm³/mol. The minimum Gasteiger partial charge on any atom is -0.506 e. The molecular formula is C10H9ClOS. The van der Waals surface area contributed by atoms with Crippen LogP contribution >= 0.6 is 24.2 Å². The van der Waals surface area contributed by atoms with Crippen molar-refractivity contribution in [3.05, 3.63) is 28.8 Å². The number of thiol groups is 1. The predicted octanol–water partition coefficient (Wildman–Crippen LogP) is 2.72. The van der Waals surface area contributed by atoms with Crippen LogP contribution in [0.4, 0.5) is 0 Å². The van der Waals surface area contributed by atoms with E-state index in [0.717, 1.165) is 12.2 Å². The van der Waals surface area contributed by atoms with Gasteiger partial charge in [0.15, 0.2) is 0 Å². The number of phenolic OH excluding ortho intramolecular Hbond substituents is 1. The van der Waals surface area contributed by atoms with E-state index in [2.05, 4.69) is 24.5 Å². The number of hydrogen-bond donors (Lipinski definition) is 2. The molecule has 68 valence electrons. The quantitative estimate of drug-likeness (QED) is 0.542. The van der Waals surface area contributed by atoms with Crippen LogP contribution in [0, 0.1) is 11.8 Å². The summed E-state index contributed by atoms with van der Waals surface area (Å²) in [7, 11) is 0. The molecule has 1 N–H and O–H groups in total. The summed E-state index contributed by atoms with van der Waals surface area (Å²) in [5.41, 5.74) is 0.656. The van der Waals surface area contributed by atoms with Crippen LogP contribution in [0.1, 0.15) is 12.0 Å². The molecule has 0 amide bonds. The molecule has 1 aromatic rings. The number of benzene rings is 1. The number of aromatic hydroxyl groups is 1. The van der Waals surface area contributed by atoms with Crippen molar-refractivity contribution in [3.63, 3.8) is 0 Å². The van der Waals surface area contributed by atoms with Gasteiger partial charge in [0, 0.05) is 17.7 Å². The van der Waals surface area contributed by atoms with Gasteiger partial charge in [-0.05, 0) is 12.1 Å². The van der Waals surface area contributed by atoms with Gasteiger partial charge < -0.3 is 5.11 Å². The Kier molecular flexibility index (Phi) is 4.01. The lowest BCUT2D eigenvalue weighted by molar-refractivity contribution is 0.475. The first-order valence-corrected chi connectivity index (χ1v) is 4.84. The zero-order valence-corrected chi connectivity index (χ0v) is 8.57. The van der Waals surface area contributed by atoms with Gasteiger partial charge in [0.1, 0.15) is 5.75 Å². The normalized spacial score (nSPS) is 9.08. The highest BCUT2D eigenvalue weighted by Crippen LogP contribution is 2.25. The van der Waals surface area contributed by atoms with Gasteiger partial charge in [-0.3, -0.25) is 0 Å². The lowest BCUT2D eigenvalue weighted by atomic mass is 10.2. The average Bonchev–Trinajstić information content (AvgIpc) is 2.13. The third-order valence-corrected chi connectivity index (χ3v) is 2.06. The molecular weight excluding hydrogens is 204 g/mol. The Morgan fingerprint density at radius 2 is 2.23 bits per heavy atom. The second-order valence-electron chi connectivity index (χ2n) is 2.41. The van der Waals surface area contributed by atoms with Crippen molar-refractivity contribution in [2.45, 2.75) is 6.42 Å². The van der Waals surface area contributed by atoms with Gasteiger partial charge in [-0.25, -0.2) is 0 Å². The second-order valence-corrected chi connectivity index (χ2v) is 3.24. The molecule has 0 saturated heterocycles. The molecule has 1 aromatic carbocycles. The van der Waals surface area contributed by atoms with E-state index in [9.17, 15) is 5.11 Å². The maximum atomic E-state index is 9.24. The zero-order chi connectivity index (χ0) is 9.68. The summed E-state index contributed by atoms with van der Waals surface area (Å²) >= 11 is 9.83. The van der Waals surface area contributed by atoms with E-state index in [-0.39, 0.29) is 5.75 Å². The highest BCUT2D eigenvalue weighted by Gasteiger charge is 2.00. The van der Waals surface area contributed by atoms with Crippen molar-refractivity contribution in [2.75, 3.05) is 5.75 Å². The fourth-order valence-corrected chi connectivity index (χ4v) is 1.11. The lowest BCUT2D eigenvalue weighted by Gasteiger charge is -1.97. The molecule has 0 radical (unpaired) electrons. The molecule has 0 heterocycles. The highest BCUT2D eigenvalue weighted by atomic mass is 35.5. The largest absolute Gasteiger partial charge is 0.506 e. The summed E-state index contributed by atoms with van der Waals surface area (Å²) in [6, 6.07) is 5.02. The minimum atomic E-state index is 0.0688. The van der Waals surface area contributed by atoms with Gasteiger partial charge in [-0.2, -0.15) is 12.6 Å². The molecule has 0 aliphatic heterocycles. The minimum absolute atomic E-state index is 0.0688. The van der Waals surface area contributed by atoms with Gasteiger partial charge in [0.25, 0.3) is 0 Å². The van der Waals surface area contributed by atoms with Crippen molar-refractivity contribution in [1.82, 2.24) is 0 Å². The van der Waals surface area contributed by atoms with Crippen LogP contribution in [0.2, 0.25) is 5.02 Å². The van der Waals surface area contributed by atoms with Crippen LogP contribution in [0.5, 0.6) is 5.75 Å². The van der Waals surface area contributed by atoms with Crippen molar-refractivity contribution < 1.29 is 5.11 Å². The Hall–Kier alpha value is -0.780. The second kappa shape index (κ2) is 5.06. The van der Waals surface area contributed by atoms with Gasteiger partial charge >= 0.3 is 0 Å². The smallest absolute Gasteiger partial charge is 0.135 e. The van der Waals surface area contributed by atoms with Crippen LogP contribution in [0.15, 0.2) is 18.2 Å². The summed E-state index contributed by atoms with van der Waals surface area (Å²) in [4.78, 5) is 0. The van der Waals surface area contributed by atoms with Gasteiger partial charge in [-0.1, -0.05) is 29.5 Å². The first kappa shape index (κ1) is 10.3. The van der Waals surface area contributed by atoms with Crippen molar-refractivity contribution >= 4 is 24.2 Å². The summed E-state index contributed by atoms with van der Waals surface area (Å²) < 4.78 is 0. The van der Waals surface area contributed by atoms with E-state index in [4.69, 9.17) is 11.6 Å². The molecule has 0 unspecified atom stereocenters. The summed E-state index contributed by atoms with van der Waals surface area (Å²) in [6.07, 6.45) is 0.717. The van der Waals surface area contributed by atoms with E-state index in [1.165, 1.54) is 6.07 Å². The fourth-order valence-electron chi connectivity index (χ4n) is 0.830. The number of phenols is 1. The summed E-state index contributed by atoms with van der Waals surface area (Å²) in [6.45, 7) is 0. The molecule has 1 rings (SSSR count). The third kappa shape index (κ3) is 2.87. The van der Waals surface area contributed by atoms with Crippen molar-refractivity contribution in [1.29, 1.82) is 0 Å². The molecule has 3 heteroatoms. The van der Waals surface area contributed by atoms with Gasteiger partial charge in [0.2, 0.25) is 0 Å². The van der Waals surface area contributed by atoms with Crippen molar-refractivity contribution in [2.24, 2.45) is 0 Å². The summed E-state index contributed by atoms with van der Waals surface area (Å²) in [5, 5.41) is 9.56. The van der Waals surface area contributed by atoms with E-state index in [1.54, 1.807) is 12.1 Å². The van der Waals surface area contributed by atoms with Gasteiger partial charge in [0.05, 0.1) is 5.02 Å². The van der Waals surface area contributed by atoms with E-state index in [0.29, 0.717) is 10.6 Å². The first-order valence-electron chi connectivity index (χ1n) is 3.83. The van der Waals surface area contributed by atoms with E-state index in [1.807, 2.05) is 0 Å². The Morgan fingerprint density at radius 1 is 1.46 bits per heavy atom. The van der Waals surface area contributed by atoms with Crippen LogP contribution in [-0.2, 0) is 0 Å². The summed E-state index contributed by atoms with van der Waals surface area (Å²) in [5.74, 6) is 6.56. The van der Waals surface area contributed by atoms with Crippen LogP contribution in [0.25, 0.3) is 0 Å². The van der Waals surface area contributed by atoms with E-state index < -0.39 is 0 Å². The number of hydrogen-bond acceptors (Lipinski definition) is 2. The topological polar surface area (TPSA) is 20.2 Å². The molecule has 0 atom stereocenters. The highest BCUT2D eigenvalue weighted by molar-refractivity contribution is 7.80. The molecule has 13 heavy (non-hydrogen) atoms. The van der Waals surface area contributed by atoms with Crippen LogP contribution in [0.3, 0.4) is 0 Å². The van der Waals surface area contributed by atoms with Crippen LogP contribution in [-0.4, -0.2) is 10.9 Å². The molecule has 0 fully saturated rings. The lowest BCUT2D eigenvalue weighted by Crippen LogP contribution is -1.77. The monoisotopic (exact) mass is 212 g/mol. The molecule has 0 saturated carbocycles. The molecule has 0 aromatic heterocycles. The van der Waals surface area contributed by atoms with E-state index >= 15 is 0 Å².